The second-order valence-corrected chi connectivity index (χ2v) is 5.92. The number of benzene rings is 1. The van der Waals surface area contributed by atoms with Crippen molar-refractivity contribution in [3.8, 4) is 0 Å². The molecule has 116 valence electrons. The van der Waals surface area contributed by atoms with Gasteiger partial charge in [0.05, 0.1) is 6.04 Å². The van der Waals surface area contributed by atoms with E-state index in [4.69, 9.17) is 9.84 Å². The summed E-state index contributed by atoms with van der Waals surface area (Å²) < 4.78 is 5.12. The van der Waals surface area contributed by atoms with Crippen molar-refractivity contribution in [2.75, 3.05) is 0 Å². The number of nitrogens with one attached hydrogen (secondary N) is 1. The third kappa shape index (κ3) is 4.05. The van der Waals surface area contributed by atoms with Gasteiger partial charge in [0.2, 0.25) is 0 Å². The predicted molar refractivity (Wildman–Crippen MR) is 82.0 cm³/mol. The lowest BCUT2D eigenvalue weighted by Gasteiger charge is -2.11. The molecule has 0 aliphatic rings. The zero-order valence-electron chi connectivity index (χ0n) is 12.2. The molecule has 1 atom stereocenters. The number of aromatic carboxylic acids is 1. The van der Waals surface area contributed by atoms with Gasteiger partial charge in [0, 0.05) is 4.88 Å². The van der Waals surface area contributed by atoms with Crippen molar-refractivity contribution in [1.82, 2.24) is 10.3 Å². The molecule has 2 N–H and O–H groups in total. The molecule has 0 saturated carbocycles. The van der Waals surface area contributed by atoms with Crippen LogP contribution in [-0.2, 0) is 11.3 Å². The highest BCUT2D eigenvalue weighted by molar-refractivity contribution is 7.11. The van der Waals surface area contributed by atoms with Gasteiger partial charge in [-0.25, -0.2) is 14.6 Å². The molecule has 0 radical (unpaired) electrons. The first-order chi connectivity index (χ1) is 10.5. The molecular formula is C15H16N2O4S. The quantitative estimate of drug-likeness (QED) is 0.883. The van der Waals surface area contributed by atoms with Gasteiger partial charge in [-0.15, -0.1) is 11.3 Å². The number of carboxylic acids is 1. The Kier molecular flexibility index (Phi) is 5.11. The number of rotatable bonds is 5. The van der Waals surface area contributed by atoms with E-state index >= 15 is 0 Å². The first-order valence-electron chi connectivity index (χ1n) is 6.65. The van der Waals surface area contributed by atoms with Crippen LogP contribution in [0.5, 0.6) is 0 Å². The van der Waals surface area contributed by atoms with Crippen LogP contribution in [-0.4, -0.2) is 22.2 Å². The standard InChI is InChI=1S/C15H16N2O4S/c1-9(13-17-12(14(18)19)10(2)22-13)16-15(20)21-8-11-6-4-3-5-7-11/h3-7,9H,8H2,1-2H3,(H,16,20)(H,18,19). The molecule has 0 bridgehead atoms. The maximum absolute atomic E-state index is 11.8. The third-order valence-electron chi connectivity index (χ3n) is 2.93. The monoisotopic (exact) mass is 320 g/mol. The summed E-state index contributed by atoms with van der Waals surface area (Å²) in [5.74, 6) is -1.07. The number of carbonyl (C=O) groups excluding carboxylic acids is 1. The van der Waals surface area contributed by atoms with Gasteiger partial charge in [-0.3, -0.25) is 0 Å². The van der Waals surface area contributed by atoms with Crippen molar-refractivity contribution in [2.24, 2.45) is 0 Å². The van der Waals surface area contributed by atoms with Gasteiger partial charge in [0.25, 0.3) is 0 Å². The maximum atomic E-state index is 11.8. The molecule has 1 aromatic heterocycles. The molecule has 6 nitrogen and oxygen atoms in total. The Morgan fingerprint density at radius 1 is 1.36 bits per heavy atom. The lowest BCUT2D eigenvalue weighted by atomic mass is 10.2. The Labute approximate surface area is 131 Å². The number of amides is 1. The van der Waals surface area contributed by atoms with Crippen molar-refractivity contribution < 1.29 is 19.4 Å². The van der Waals surface area contributed by atoms with E-state index in [1.54, 1.807) is 13.8 Å². The number of aryl methyl sites for hydroxylation is 1. The third-order valence-corrected chi connectivity index (χ3v) is 4.09. The largest absolute Gasteiger partial charge is 0.476 e. The molecule has 7 heteroatoms. The summed E-state index contributed by atoms with van der Waals surface area (Å²) in [6.45, 7) is 3.59. The van der Waals surface area contributed by atoms with E-state index in [0.717, 1.165) is 5.56 Å². The van der Waals surface area contributed by atoms with Gasteiger partial charge < -0.3 is 15.2 Å². The SMILES string of the molecule is Cc1sc(C(C)NC(=O)OCc2ccccc2)nc1C(=O)O. The fraction of sp³-hybridized carbons (Fsp3) is 0.267. The van der Waals surface area contributed by atoms with E-state index in [2.05, 4.69) is 10.3 Å². The van der Waals surface area contributed by atoms with Gasteiger partial charge in [-0.2, -0.15) is 0 Å². The summed E-state index contributed by atoms with van der Waals surface area (Å²) in [5.41, 5.74) is 0.912. The molecule has 1 aromatic carbocycles. The Morgan fingerprint density at radius 2 is 2.05 bits per heavy atom. The molecule has 22 heavy (non-hydrogen) atoms. The number of alkyl carbamates (subject to hydrolysis) is 1. The second kappa shape index (κ2) is 7.04. The van der Waals surface area contributed by atoms with Crippen LogP contribution >= 0.6 is 11.3 Å². The highest BCUT2D eigenvalue weighted by Crippen LogP contribution is 2.23. The average Bonchev–Trinajstić information content (AvgIpc) is 2.88. The molecule has 0 aliphatic carbocycles. The number of ether oxygens (including phenoxy) is 1. The van der Waals surface area contributed by atoms with Crippen molar-refractivity contribution in [1.29, 1.82) is 0 Å². The number of carboxylic acid groups (broad SMARTS) is 1. The highest BCUT2D eigenvalue weighted by Gasteiger charge is 2.19. The van der Waals surface area contributed by atoms with Gasteiger partial charge in [-0.1, -0.05) is 30.3 Å². The summed E-state index contributed by atoms with van der Waals surface area (Å²) >= 11 is 1.25. The highest BCUT2D eigenvalue weighted by atomic mass is 32.1. The van der Waals surface area contributed by atoms with Crippen LogP contribution in [0.2, 0.25) is 0 Å². The van der Waals surface area contributed by atoms with Crippen LogP contribution < -0.4 is 5.32 Å². The number of hydrogen-bond acceptors (Lipinski definition) is 5. The van der Waals surface area contributed by atoms with E-state index in [0.29, 0.717) is 9.88 Å². The van der Waals surface area contributed by atoms with E-state index in [-0.39, 0.29) is 12.3 Å². The minimum absolute atomic E-state index is 0.0197. The summed E-state index contributed by atoms with van der Waals surface area (Å²) in [6.07, 6.45) is -0.568. The van der Waals surface area contributed by atoms with Gasteiger partial charge in [0.1, 0.15) is 11.6 Å². The Morgan fingerprint density at radius 3 is 2.64 bits per heavy atom. The fourth-order valence-electron chi connectivity index (χ4n) is 1.80. The molecule has 1 heterocycles. The molecular weight excluding hydrogens is 304 g/mol. The molecule has 2 rings (SSSR count). The van der Waals surface area contributed by atoms with Crippen LogP contribution in [0.15, 0.2) is 30.3 Å². The van der Waals surface area contributed by atoms with Gasteiger partial charge >= 0.3 is 12.1 Å². The van der Waals surface area contributed by atoms with Crippen molar-refractivity contribution in [3.05, 3.63) is 51.5 Å². The van der Waals surface area contributed by atoms with Crippen molar-refractivity contribution in [2.45, 2.75) is 26.5 Å². The zero-order valence-corrected chi connectivity index (χ0v) is 13.0. The predicted octanol–water partition coefficient (Wildman–Crippen LogP) is 3.14. The number of nitrogens with zero attached hydrogens (tertiary/aromatic N) is 1. The lowest BCUT2D eigenvalue weighted by molar-refractivity contribution is 0.0690. The Bertz CT molecular complexity index is 669. The van der Waals surface area contributed by atoms with E-state index in [1.807, 2.05) is 30.3 Å². The van der Waals surface area contributed by atoms with Crippen molar-refractivity contribution in [3.63, 3.8) is 0 Å². The second-order valence-electron chi connectivity index (χ2n) is 4.69. The smallest absolute Gasteiger partial charge is 0.408 e. The summed E-state index contributed by atoms with van der Waals surface area (Å²) in [4.78, 5) is 27.4. The first-order valence-corrected chi connectivity index (χ1v) is 7.47. The van der Waals surface area contributed by atoms with Gasteiger partial charge in [0.15, 0.2) is 5.69 Å². The number of aromatic nitrogens is 1. The maximum Gasteiger partial charge on any atom is 0.408 e. The number of thiazole rings is 1. The molecule has 0 saturated heterocycles. The van der Waals surface area contributed by atoms with Crippen LogP contribution in [0.4, 0.5) is 4.79 Å². The summed E-state index contributed by atoms with van der Waals surface area (Å²) in [5, 5.41) is 12.2. The fourth-order valence-corrected chi connectivity index (χ4v) is 2.72. The van der Waals surface area contributed by atoms with Crippen molar-refractivity contribution >= 4 is 23.4 Å². The lowest BCUT2D eigenvalue weighted by Crippen LogP contribution is -2.27. The number of hydrogen-bond donors (Lipinski definition) is 2. The van der Waals surface area contributed by atoms with Crippen LogP contribution in [0.3, 0.4) is 0 Å². The molecule has 0 aliphatic heterocycles. The van der Waals surface area contributed by atoms with Gasteiger partial charge in [-0.05, 0) is 19.4 Å². The Hall–Kier alpha value is -2.41. The molecule has 0 fully saturated rings. The van der Waals surface area contributed by atoms with Crippen LogP contribution in [0.1, 0.15) is 38.9 Å². The zero-order chi connectivity index (χ0) is 16.1. The molecule has 1 unspecified atom stereocenters. The first kappa shape index (κ1) is 16.0. The minimum Gasteiger partial charge on any atom is -0.476 e. The molecule has 2 aromatic rings. The summed E-state index contributed by atoms with van der Waals surface area (Å²) in [7, 11) is 0. The summed E-state index contributed by atoms with van der Waals surface area (Å²) in [6, 6.07) is 8.92. The Balaban J connectivity index is 1.91. The van der Waals surface area contributed by atoms with E-state index in [1.165, 1.54) is 11.3 Å². The minimum atomic E-state index is -1.07. The topological polar surface area (TPSA) is 88.5 Å². The molecule has 1 amide bonds. The average molecular weight is 320 g/mol. The van der Waals surface area contributed by atoms with E-state index < -0.39 is 18.1 Å². The van der Waals surface area contributed by atoms with Crippen LogP contribution in [0.25, 0.3) is 0 Å². The van der Waals surface area contributed by atoms with E-state index in [9.17, 15) is 9.59 Å². The number of carbonyl (C=O) groups is 2. The normalized spacial score (nSPS) is 11.7. The molecule has 0 spiro atoms. The van der Waals surface area contributed by atoms with Crippen LogP contribution in [0, 0.1) is 6.92 Å².